The summed E-state index contributed by atoms with van der Waals surface area (Å²) in [6.45, 7) is 2.19. The van der Waals surface area contributed by atoms with Gasteiger partial charge in [0.25, 0.3) is 0 Å². The molecule has 1 aromatic heterocycles. The van der Waals surface area contributed by atoms with Crippen molar-refractivity contribution in [1.29, 1.82) is 0 Å². The summed E-state index contributed by atoms with van der Waals surface area (Å²) in [5.41, 5.74) is 0. The first-order valence-electron chi connectivity index (χ1n) is 5.15. The Labute approximate surface area is 98.7 Å². The first kappa shape index (κ1) is 12.6. The van der Waals surface area contributed by atoms with Crippen LogP contribution in [0.4, 0.5) is 0 Å². The van der Waals surface area contributed by atoms with Gasteiger partial charge in [-0.2, -0.15) is 0 Å². The van der Waals surface area contributed by atoms with Crippen molar-refractivity contribution in [3.8, 4) is 0 Å². The molecular weight excluding hydrogens is 228 g/mol. The number of carboxylic acids is 1. The molecule has 0 saturated heterocycles. The predicted molar refractivity (Wildman–Crippen MR) is 65.9 cm³/mol. The van der Waals surface area contributed by atoms with Crippen LogP contribution in [0.2, 0.25) is 0 Å². The molecule has 0 saturated carbocycles. The Morgan fingerprint density at radius 2 is 2.33 bits per heavy atom. The highest BCUT2D eigenvalue weighted by Gasteiger charge is 2.06. The van der Waals surface area contributed by atoms with Gasteiger partial charge in [-0.15, -0.1) is 23.1 Å². The molecule has 1 N–H and O–H groups in total. The van der Waals surface area contributed by atoms with Crippen molar-refractivity contribution < 1.29 is 9.90 Å². The van der Waals surface area contributed by atoms with E-state index >= 15 is 0 Å². The van der Waals surface area contributed by atoms with E-state index < -0.39 is 5.97 Å². The maximum Gasteiger partial charge on any atom is 0.313 e. The van der Waals surface area contributed by atoms with Gasteiger partial charge in [-0.05, 0) is 24.3 Å². The van der Waals surface area contributed by atoms with E-state index in [0.717, 1.165) is 11.3 Å². The Morgan fingerprint density at radius 3 is 3.00 bits per heavy atom. The molecule has 0 amide bonds. The summed E-state index contributed by atoms with van der Waals surface area (Å²) in [6.07, 6.45) is 4.77. The lowest BCUT2D eigenvalue weighted by Gasteiger charge is -2.01. The summed E-state index contributed by atoms with van der Waals surface area (Å²) < 4.78 is 0. The molecule has 0 aliphatic rings. The van der Waals surface area contributed by atoms with E-state index in [1.165, 1.54) is 35.9 Å². The monoisotopic (exact) mass is 244 g/mol. The minimum atomic E-state index is -0.745. The molecule has 15 heavy (non-hydrogen) atoms. The third-order valence-corrected chi connectivity index (χ3v) is 4.26. The van der Waals surface area contributed by atoms with Gasteiger partial charge in [0, 0.05) is 9.77 Å². The van der Waals surface area contributed by atoms with E-state index in [0.29, 0.717) is 0 Å². The molecule has 84 valence electrons. The van der Waals surface area contributed by atoms with Gasteiger partial charge in [0.2, 0.25) is 0 Å². The van der Waals surface area contributed by atoms with Gasteiger partial charge in [-0.3, -0.25) is 4.79 Å². The smallest absolute Gasteiger partial charge is 0.313 e. The average Bonchev–Trinajstić information content (AvgIpc) is 2.63. The van der Waals surface area contributed by atoms with E-state index in [2.05, 4.69) is 6.92 Å². The summed E-state index contributed by atoms with van der Waals surface area (Å²) in [5, 5.41) is 10.6. The third-order valence-electron chi connectivity index (χ3n) is 2.06. The molecule has 0 unspecified atom stereocenters. The molecule has 1 rings (SSSR count). The number of carbonyl (C=O) groups is 1. The molecule has 4 heteroatoms. The second-order valence-corrected chi connectivity index (χ2v) is 5.37. The van der Waals surface area contributed by atoms with Gasteiger partial charge in [0.1, 0.15) is 0 Å². The molecule has 0 radical (unpaired) electrons. The second kappa shape index (κ2) is 6.90. The molecule has 0 aliphatic heterocycles. The van der Waals surface area contributed by atoms with Gasteiger partial charge in [-0.1, -0.05) is 19.8 Å². The zero-order valence-corrected chi connectivity index (χ0v) is 10.5. The number of aryl methyl sites for hydroxylation is 1. The minimum Gasteiger partial charge on any atom is -0.481 e. The van der Waals surface area contributed by atoms with Crippen LogP contribution in [0, 0.1) is 0 Å². The molecular formula is C11H16O2S2. The van der Waals surface area contributed by atoms with Crippen LogP contribution in [0.25, 0.3) is 0 Å². The molecule has 1 heterocycles. The van der Waals surface area contributed by atoms with Gasteiger partial charge in [0.05, 0.1) is 5.75 Å². The number of aliphatic carboxylic acids is 1. The first-order valence-corrected chi connectivity index (χ1v) is 7.01. The lowest BCUT2D eigenvalue weighted by atomic mass is 10.2. The number of thiophene rings is 1. The largest absolute Gasteiger partial charge is 0.481 e. The molecule has 0 aromatic carbocycles. The van der Waals surface area contributed by atoms with Crippen molar-refractivity contribution in [2.45, 2.75) is 37.5 Å². The normalized spacial score (nSPS) is 10.5. The van der Waals surface area contributed by atoms with Crippen LogP contribution in [0.3, 0.4) is 0 Å². The maximum atomic E-state index is 10.4. The summed E-state index contributed by atoms with van der Waals surface area (Å²) in [6, 6.07) is 2.03. The lowest BCUT2D eigenvalue weighted by Crippen LogP contribution is -1.97. The Balaban J connectivity index is 2.42. The van der Waals surface area contributed by atoms with Crippen LogP contribution >= 0.6 is 23.1 Å². The number of thioether (sulfide) groups is 1. The van der Waals surface area contributed by atoms with Crippen molar-refractivity contribution in [2.75, 3.05) is 5.75 Å². The zero-order valence-electron chi connectivity index (χ0n) is 8.86. The molecule has 0 bridgehead atoms. The summed E-state index contributed by atoms with van der Waals surface area (Å²) in [7, 11) is 0. The van der Waals surface area contributed by atoms with E-state index in [4.69, 9.17) is 5.11 Å². The fraction of sp³-hybridized carbons (Fsp3) is 0.545. The zero-order chi connectivity index (χ0) is 11.1. The molecule has 2 nitrogen and oxygen atoms in total. The Kier molecular flexibility index (Phi) is 5.79. The average molecular weight is 244 g/mol. The van der Waals surface area contributed by atoms with Crippen LogP contribution in [-0.2, 0) is 11.2 Å². The van der Waals surface area contributed by atoms with Crippen LogP contribution in [0.5, 0.6) is 0 Å². The van der Waals surface area contributed by atoms with Gasteiger partial charge in [0.15, 0.2) is 0 Å². The number of carboxylic acid groups (broad SMARTS) is 1. The Bertz CT molecular complexity index is 307. The lowest BCUT2D eigenvalue weighted by molar-refractivity contribution is -0.133. The minimum absolute atomic E-state index is 0.164. The highest BCUT2D eigenvalue weighted by atomic mass is 32.2. The van der Waals surface area contributed by atoms with Crippen molar-refractivity contribution in [2.24, 2.45) is 0 Å². The molecule has 0 atom stereocenters. The molecule has 0 spiro atoms. The number of hydrogen-bond acceptors (Lipinski definition) is 3. The van der Waals surface area contributed by atoms with Crippen molar-refractivity contribution in [3.63, 3.8) is 0 Å². The van der Waals surface area contributed by atoms with Crippen LogP contribution in [-0.4, -0.2) is 16.8 Å². The van der Waals surface area contributed by atoms with Crippen LogP contribution in [0.1, 0.15) is 31.1 Å². The predicted octanol–water partition coefficient (Wildman–Crippen LogP) is 3.66. The molecule has 1 aromatic rings. The molecule has 0 fully saturated rings. The summed E-state index contributed by atoms with van der Waals surface area (Å²) >= 11 is 3.17. The fourth-order valence-electron chi connectivity index (χ4n) is 1.31. The molecule has 0 aliphatic carbocycles. The highest BCUT2D eigenvalue weighted by Crippen LogP contribution is 2.28. The van der Waals surface area contributed by atoms with Gasteiger partial charge in [-0.25, -0.2) is 0 Å². The number of hydrogen-bond donors (Lipinski definition) is 1. The van der Waals surface area contributed by atoms with E-state index in [9.17, 15) is 4.79 Å². The number of unbranched alkanes of at least 4 members (excludes halogenated alkanes) is 2. The highest BCUT2D eigenvalue weighted by molar-refractivity contribution is 8.00. The maximum absolute atomic E-state index is 10.4. The topological polar surface area (TPSA) is 37.3 Å². The van der Waals surface area contributed by atoms with E-state index in [1.807, 2.05) is 11.4 Å². The fourth-order valence-corrected chi connectivity index (χ4v) is 3.24. The summed E-state index contributed by atoms with van der Waals surface area (Å²) in [4.78, 5) is 12.9. The number of rotatable bonds is 7. The Hall–Kier alpha value is -0.480. The second-order valence-electron chi connectivity index (χ2n) is 3.35. The van der Waals surface area contributed by atoms with Crippen molar-refractivity contribution >= 4 is 29.1 Å². The van der Waals surface area contributed by atoms with Gasteiger partial charge < -0.3 is 5.11 Å². The van der Waals surface area contributed by atoms with Crippen LogP contribution in [0.15, 0.2) is 16.3 Å². The van der Waals surface area contributed by atoms with Crippen LogP contribution < -0.4 is 0 Å². The van der Waals surface area contributed by atoms with E-state index in [-0.39, 0.29) is 5.75 Å². The first-order chi connectivity index (χ1) is 7.24. The standard InChI is InChI=1S/C11H16O2S2/c1-2-3-4-5-9-10(6-7-14-9)15-8-11(12)13/h6-7H,2-5,8H2,1H3,(H,12,13). The SMILES string of the molecule is CCCCCc1sccc1SCC(=O)O. The van der Waals surface area contributed by atoms with E-state index in [1.54, 1.807) is 11.3 Å². The third kappa shape index (κ3) is 4.71. The van der Waals surface area contributed by atoms with Crippen molar-refractivity contribution in [1.82, 2.24) is 0 Å². The quantitative estimate of drug-likeness (QED) is 0.587. The van der Waals surface area contributed by atoms with Gasteiger partial charge >= 0.3 is 5.97 Å². The summed E-state index contributed by atoms with van der Waals surface area (Å²) in [5.74, 6) is -0.581. The van der Waals surface area contributed by atoms with Crippen molar-refractivity contribution in [3.05, 3.63) is 16.3 Å². The Morgan fingerprint density at radius 1 is 1.53 bits per heavy atom.